The molecule has 0 radical (unpaired) electrons. The Bertz CT molecular complexity index is 624. The molecule has 0 aliphatic rings. The molecule has 0 spiro atoms. The number of aromatic hydroxyl groups is 2. The summed E-state index contributed by atoms with van der Waals surface area (Å²) in [6.07, 6.45) is 0.691. The van der Waals surface area contributed by atoms with Gasteiger partial charge in [0.1, 0.15) is 9.67 Å². The number of hydrogen-bond acceptors (Lipinski definition) is 4. The summed E-state index contributed by atoms with van der Waals surface area (Å²) in [5.41, 5.74) is 0. The Labute approximate surface area is 124 Å². The molecule has 1 unspecified atom stereocenters. The Balaban J connectivity index is 2.45. The number of carbonyl (C=O) groups excluding carboxylic acids is 1. The van der Waals surface area contributed by atoms with E-state index in [0.717, 1.165) is 0 Å². The summed E-state index contributed by atoms with van der Waals surface area (Å²) < 4.78 is 5.13. The van der Waals surface area contributed by atoms with Crippen molar-refractivity contribution in [3.05, 3.63) is 30.3 Å². The number of alkyl halides is 1. The average molecular weight is 372 g/mol. The minimum Gasteiger partial charge on any atom is -0.504 e. The second kappa shape index (κ2) is 5.64. The molecule has 0 aliphatic carbocycles. The van der Waals surface area contributed by atoms with E-state index in [1.807, 2.05) is 29.5 Å². The van der Waals surface area contributed by atoms with E-state index in [1.54, 1.807) is 24.3 Å². The van der Waals surface area contributed by atoms with Crippen molar-refractivity contribution in [2.75, 3.05) is 0 Å². The molecule has 0 amide bonds. The van der Waals surface area contributed by atoms with Crippen LogP contribution in [0.3, 0.4) is 0 Å². The van der Waals surface area contributed by atoms with Gasteiger partial charge in [0.25, 0.3) is 0 Å². The zero-order chi connectivity index (χ0) is 14.0. The van der Waals surface area contributed by atoms with Gasteiger partial charge in [-0.3, -0.25) is 4.79 Å². The van der Waals surface area contributed by atoms with Gasteiger partial charge in [-0.25, -0.2) is 0 Å². The second-order valence-electron chi connectivity index (χ2n) is 4.08. The molecule has 0 saturated heterocycles. The van der Waals surface area contributed by atoms with Crippen molar-refractivity contribution in [3.63, 3.8) is 0 Å². The van der Waals surface area contributed by atoms with E-state index in [1.165, 1.54) is 6.07 Å². The number of phenolic OH excluding ortho intramolecular Hbond substituents is 2. The van der Waals surface area contributed by atoms with Gasteiger partial charge in [0, 0.05) is 10.8 Å². The van der Waals surface area contributed by atoms with Crippen LogP contribution in [-0.2, 0) is 4.79 Å². The van der Waals surface area contributed by atoms with Gasteiger partial charge in [0.05, 0.1) is 0 Å². The number of fused-ring (bicyclic) bond motifs is 1. The van der Waals surface area contributed by atoms with E-state index in [2.05, 4.69) is 0 Å². The highest BCUT2D eigenvalue weighted by molar-refractivity contribution is 14.1. The number of esters is 1. The fourth-order valence-corrected chi connectivity index (χ4v) is 1.86. The van der Waals surface area contributed by atoms with Crippen LogP contribution < -0.4 is 4.74 Å². The lowest BCUT2D eigenvalue weighted by Crippen LogP contribution is -2.19. The standard InChI is InChI=1S/C14H13IO4/c1-2-10(15)14(18)19-12-5-3-4-9-8(12)6-7-11(16)13(9)17/h3-7,10,16-17H,2H2,1H3. The Morgan fingerprint density at radius 2 is 2.00 bits per heavy atom. The van der Waals surface area contributed by atoms with Crippen molar-refractivity contribution in [1.82, 2.24) is 0 Å². The van der Waals surface area contributed by atoms with Crippen molar-refractivity contribution < 1.29 is 19.7 Å². The Morgan fingerprint density at radius 1 is 1.26 bits per heavy atom. The monoisotopic (exact) mass is 372 g/mol. The lowest BCUT2D eigenvalue weighted by molar-refractivity contribution is -0.133. The van der Waals surface area contributed by atoms with Crippen molar-refractivity contribution in [2.45, 2.75) is 17.3 Å². The molecule has 4 nitrogen and oxygen atoms in total. The first kappa shape index (κ1) is 13.9. The topological polar surface area (TPSA) is 66.8 Å². The van der Waals surface area contributed by atoms with Crippen molar-refractivity contribution >= 4 is 39.3 Å². The molecule has 0 aromatic heterocycles. The quantitative estimate of drug-likeness (QED) is 0.285. The smallest absolute Gasteiger partial charge is 0.324 e. The van der Waals surface area contributed by atoms with Gasteiger partial charge < -0.3 is 14.9 Å². The van der Waals surface area contributed by atoms with Crippen LogP contribution >= 0.6 is 22.6 Å². The number of phenols is 2. The lowest BCUT2D eigenvalue weighted by atomic mass is 10.1. The molecule has 2 aromatic rings. The van der Waals surface area contributed by atoms with Crippen LogP contribution in [0.2, 0.25) is 0 Å². The van der Waals surface area contributed by atoms with E-state index >= 15 is 0 Å². The van der Waals surface area contributed by atoms with Gasteiger partial charge in [-0.15, -0.1) is 0 Å². The molecule has 0 aliphatic heterocycles. The molecule has 2 aromatic carbocycles. The van der Waals surface area contributed by atoms with Gasteiger partial charge in [0.2, 0.25) is 0 Å². The van der Waals surface area contributed by atoms with Crippen molar-refractivity contribution in [2.24, 2.45) is 0 Å². The first-order chi connectivity index (χ1) is 9.04. The predicted molar refractivity (Wildman–Crippen MR) is 81.0 cm³/mol. The normalized spacial score (nSPS) is 12.3. The molecule has 5 heteroatoms. The largest absolute Gasteiger partial charge is 0.504 e. The molecule has 100 valence electrons. The molecular formula is C14H13IO4. The molecule has 19 heavy (non-hydrogen) atoms. The maximum Gasteiger partial charge on any atom is 0.324 e. The van der Waals surface area contributed by atoms with Crippen LogP contribution in [-0.4, -0.2) is 20.1 Å². The maximum atomic E-state index is 11.8. The highest BCUT2D eigenvalue weighted by atomic mass is 127. The third-order valence-electron chi connectivity index (χ3n) is 2.80. The third-order valence-corrected chi connectivity index (χ3v) is 4.19. The third kappa shape index (κ3) is 2.75. The summed E-state index contributed by atoms with van der Waals surface area (Å²) in [6.45, 7) is 1.91. The lowest BCUT2D eigenvalue weighted by Gasteiger charge is -2.11. The first-order valence-corrected chi connectivity index (χ1v) is 7.08. The summed E-state index contributed by atoms with van der Waals surface area (Å²) in [7, 11) is 0. The molecule has 2 rings (SSSR count). The van der Waals surface area contributed by atoms with Gasteiger partial charge in [-0.2, -0.15) is 0 Å². The van der Waals surface area contributed by atoms with Gasteiger partial charge in [0.15, 0.2) is 11.5 Å². The van der Waals surface area contributed by atoms with Crippen LogP contribution in [0.1, 0.15) is 13.3 Å². The fourth-order valence-electron chi connectivity index (χ4n) is 1.73. The molecule has 0 saturated carbocycles. The Morgan fingerprint density at radius 3 is 2.68 bits per heavy atom. The zero-order valence-corrected chi connectivity index (χ0v) is 12.4. The number of benzene rings is 2. The number of rotatable bonds is 3. The molecular weight excluding hydrogens is 359 g/mol. The summed E-state index contributed by atoms with van der Waals surface area (Å²) in [4.78, 5) is 11.8. The van der Waals surface area contributed by atoms with Crippen molar-refractivity contribution in [1.29, 1.82) is 0 Å². The molecule has 2 N–H and O–H groups in total. The van der Waals surface area contributed by atoms with Crippen LogP contribution in [0.15, 0.2) is 30.3 Å². The van der Waals surface area contributed by atoms with Crippen LogP contribution in [0.25, 0.3) is 10.8 Å². The highest BCUT2D eigenvalue weighted by Gasteiger charge is 2.17. The number of carbonyl (C=O) groups is 1. The zero-order valence-electron chi connectivity index (χ0n) is 10.3. The summed E-state index contributed by atoms with van der Waals surface area (Å²) in [5, 5.41) is 20.3. The summed E-state index contributed by atoms with van der Waals surface area (Å²) in [5.74, 6) is -0.343. The minimum atomic E-state index is -0.317. The van der Waals surface area contributed by atoms with E-state index in [9.17, 15) is 15.0 Å². The number of ether oxygens (including phenoxy) is 1. The Kier molecular flexibility index (Phi) is 4.14. The molecule has 0 fully saturated rings. The van der Waals surface area contributed by atoms with E-state index < -0.39 is 0 Å². The number of halogens is 1. The fraction of sp³-hybridized carbons (Fsp3) is 0.214. The number of hydrogen-bond donors (Lipinski definition) is 2. The van der Waals surface area contributed by atoms with E-state index in [4.69, 9.17) is 4.74 Å². The molecule has 0 bridgehead atoms. The van der Waals surface area contributed by atoms with Gasteiger partial charge in [-0.1, -0.05) is 41.6 Å². The van der Waals surface area contributed by atoms with Gasteiger partial charge >= 0.3 is 5.97 Å². The van der Waals surface area contributed by atoms with Crippen molar-refractivity contribution in [3.8, 4) is 17.2 Å². The maximum absolute atomic E-state index is 11.8. The van der Waals surface area contributed by atoms with E-state index in [-0.39, 0.29) is 21.4 Å². The van der Waals surface area contributed by atoms with Crippen LogP contribution in [0.4, 0.5) is 0 Å². The van der Waals surface area contributed by atoms with Crippen LogP contribution in [0.5, 0.6) is 17.2 Å². The average Bonchev–Trinajstić information content (AvgIpc) is 2.42. The summed E-state index contributed by atoms with van der Waals surface area (Å²) >= 11 is 2.03. The van der Waals surface area contributed by atoms with E-state index in [0.29, 0.717) is 22.9 Å². The minimum absolute atomic E-state index is 0.198. The summed E-state index contributed by atoms with van der Waals surface area (Å²) in [6, 6.07) is 7.97. The van der Waals surface area contributed by atoms with Gasteiger partial charge in [-0.05, 0) is 24.6 Å². The molecule has 0 heterocycles. The van der Waals surface area contributed by atoms with Crippen LogP contribution in [0, 0.1) is 0 Å². The first-order valence-electron chi connectivity index (χ1n) is 5.84. The second-order valence-corrected chi connectivity index (χ2v) is 5.59. The SMILES string of the molecule is CCC(I)C(=O)Oc1cccc2c(O)c(O)ccc12. The highest BCUT2D eigenvalue weighted by Crippen LogP contribution is 2.37. The Hall–Kier alpha value is -1.50. The molecule has 1 atom stereocenters. The predicted octanol–water partition coefficient (Wildman–Crippen LogP) is 3.37.